The summed E-state index contributed by atoms with van der Waals surface area (Å²) in [5.41, 5.74) is 0. The van der Waals surface area contributed by atoms with Crippen LogP contribution in [0.5, 0.6) is 11.5 Å². The maximum Gasteiger partial charge on any atom is 0.573 e. The summed E-state index contributed by atoms with van der Waals surface area (Å²) in [7, 11) is 0. The predicted molar refractivity (Wildman–Crippen MR) is 60.2 cm³/mol. The lowest BCUT2D eigenvalue weighted by Crippen LogP contribution is -2.18. The van der Waals surface area contributed by atoms with Gasteiger partial charge in [-0.2, -0.15) is 0 Å². The van der Waals surface area contributed by atoms with Crippen LogP contribution in [0.1, 0.15) is 0 Å². The van der Waals surface area contributed by atoms with Crippen LogP contribution in [0, 0.1) is 7.14 Å². The van der Waals surface area contributed by atoms with Gasteiger partial charge in [0.15, 0.2) is 11.5 Å². The molecule has 0 heterocycles. The zero-order chi connectivity index (χ0) is 10.9. The first-order valence-electron chi connectivity index (χ1n) is 3.24. The highest BCUT2D eigenvalue weighted by Crippen LogP contribution is 2.38. The minimum Gasteiger partial charge on any atom is -0.503 e. The van der Waals surface area contributed by atoms with Crippen LogP contribution in [0.4, 0.5) is 13.2 Å². The Morgan fingerprint density at radius 1 is 1.14 bits per heavy atom. The van der Waals surface area contributed by atoms with Gasteiger partial charge in [-0.05, 0) is 57.3 Å². The van der Waals surface area contributed by atoms with Gasteiger partial charge in [-0.1, -0.05) is 0 Å². The van der Waals surface area contributed by atoms with Gasteiger partial charge in [0.25, 0.3) is 0 Å². The van der Waals surface area contributed by atoms with Crippen LogP contribution in [-0.2, 0) is 0 Å². The molecule has 78 valence electrons. The fourth-order valence-corrected chi connectivity index (χ4v) is 1.71. The molecule has 14 heavy (non-hydrogen) atoms. The second-order valence-corrected chi connectivity index (χ2v) is 4.58. The molecule has 7 heteroatoms. The Morgan fingerprint density at radius 2 is 1.64 bits per heavy atom. The van der Waals surface area contributed by atoms with Crippen molar-refractivity contribution in [1.29, 1.82) is 0 Å². The molecule has 1 rings (SSSR count). The smallest absolute Gasteiger partial charge is 0.503 e. The van der Waals surface area contributed by atoms with Crippen LogP contribution in [0.3, 0.4) is 0 Å². The standard InChI is InChI=1S/C7H3F3I2O2/c8-7(9,10)14-6-4(12)2-1-3(11)5(6)13/h1-2,13H. The van der Waals surface area contributed by atoms with Gasteiger partial charge < -0.3 is 9.84 Å². The second-order valence-electron chi connectivity index (χ2n) is 2.25. The van der Waals surface area contributed by atoms with Crippen molar-refractivity contribution < 1.29 is 23.0 Å². The zero-order valence-electron chi connectivity index (χ0n) is 6.40. The third-order valence-electron chi connectivity index (χ3n) is 1.25. The minimum absolute atomic E-state index is 0.206. The molecule has 1 aromatic carbocycles. The molecule has 1 N–H and O–H groups in total. The van der Waals surface area contributed by atoms with Crippen molar-refractivity contribution in [2.45, 2.75) is 6.36 Å². The van der Waals surface area contributed by atoms with Crippen LogP contribution in [0.25, 0.3) is 0 Å². The van der Waals surface area contributed by atoms with E-state index >= 15 is 0 Å². The van der Waals surface area contributed by atoms with Crippen molar-refractivity contribution in [2.24, 2.45) is 0 Å². The number of alkyl halides is 3. The Kier molecular flexibility index (Phi) is 3.72. The van der Waals surface area contributed by atoms with Gasteiger partial charge in [-0.25, -0.2) is 0 Å². The number of hydrogen-bond acceptors (Lipinski definition) is 2. The number of phenolic OH excluding ortho intramolecular Hbond substituents is 1. The zero-order valence-corrected chi connectivity index (χ0v) is 10.7. The van der Waals surface area contributed by atoms with Crippen LogP contribution < -0.4 is 4.74 Å². The van der Waals surface area contributed by atoms with E-state index in [-0.39, 0.29) is 3.57 Å². The van der Waals surface area contributed by atoms with E-state index in [2.05, 4.69) is 4.74 Å². The summed E-state index contributed by atoms with van der Waals surface area (Å²) in [6.07, 6.45) is -4.79. The van der Waals surface area contributed by atoms with Crippen molar-refractivity contribution in [3.05, 3.63) is 19.3 Å². The second kappa shape index (κ2) is 4.29. The van der Waals surface area contributed by atoms with E-state index in [0.29, 0.717) is 3.57 Å². The highest BCUT2D eigenvalue weighted by molar-refractivity contribution is 14.1. The van der Waals surface area contributed by atoms with Gasteiger partial charge in [0.05, 0.1) is 7.14 Å². The van der Waals surface area contributed by atoms with E-state index in [1.807, 2.05) is 0 Å². The summed E-state index contributed by atoms with van der Waals surface area (Å²) in [6, 6.07) is 2.93. The molecule has 0 atom stereocenters. The third-order valence-corrected chi connectivity index (χ3v) is 2.97. The molecule has 0 bridgehead atoms. The monoisotopic (exact) mass is 430 g/mol. The molecule has 0 fully saturated rings. The first-order valence-corrected chi connectivity index (χ1v) is 5.39. The van der Waals surface area contributed by atoms with Crippen molar-refractivity contribution in [2.75, 3.05) is 0 Å². The van der Waals surface area contributed by atoms with E-state index in [4.69, 9.17) is 0 Å². The van der Waals surface area contributed by atoms with E-state index in [0.717, 1.165) is 0 Å². The number of hydrogen-bond donors (Lipinski definition) is 1. The Labute approximate surface area is 105 Å². The molecule has 0 unspecified atom stereocenters. The summed E-state index contributed by atoms with van der Waals surface area (Å²) in [6.45, 7) is 0. The van der Waals surface area contributed by atoms with Gasteiger partial charge in [0.2, 0.25) is 0 Å². The molecule has 1 aromatic rings. The molecule has 0 aliphatic rings. The summed E-state index contributed by atoms with van der Waals surface area (Å²) < 4.78 is 39.9. The van der Waals surface area contributed by atoms with Gasteiger partial charge in [0, 0.05) is 0 Å². The Bertz CT molecular complexity index is 352. The number of halogens is 5. The Hall–Kier alpha value is 0.0700. The fraction of sp³-hybridized carbons (Fsp3) is 0.143. The van der Waals surface area contributed by atoms with Crippen LogP contribution in [-0.4, -0.2) is 11.5 Å². The molecule has 0 amide bonds. The van der Waals surface area contributed by atoms with Gasteiger partial charge in [-0.3, -0.25) is 0 Å². The first-order chi connectivity index (χ1) is 6.31. The number of phenols is 1. The number of rotatable bonds is 1. The molecule has 0 aliphatic carbocycles. The predicted octanol–water partition coefficient (Wildman–Crippen LogP) is 3.50. The maximum atomic E-state index is 11.9. The van der Waals surface area contributed by atoms with Gasteiger partial charge in [0.1, 0.15) is 0 Å². The maximum absolute atomic E-state index is 11.9. The lowest BCUT2D eigenvalue weighted by Gasteiger charge is -2.12. The normalized spacial score (nSPS) is 11.5. The number of aromatic hydroxyl groups is 1. The van der Waals surface area contributed by atoms with Crippen LogP contribution in [0.15, 0.2) is 12.1 Å². The van der Waals surface area contributed by atoms with E-state index in [1.54, 1.807) is 45.2 Å². The summed E-state index contributed by atoms with van der Waals surface area (Å²) in [4.78, 5) is 0. The molecule has 2 nitrogen and oxygen atoms in total. The van der Waals surface area contributed by atoms with E-state index in [1.165, 1.54) is 12.1 Å². The average molecular weight is 430 g/mol. The molecule has 0 radical (unpaired) electrons. The van der Waals surface area contributed by atoms with Gasteiger partial charge in [-0.15, -0.1) is 13.2 Å². The van der Waals surface area contributed by atoms with Crippen molar-refractivity contribution >= 4 is 45.2 Å². The molecular weight excluding hydrogens is 427 g/mol. The Morgan fingerprint density at radius 3 is 2.14 bits per heavy atom. The van der Waals surface area contributed by atoms with Crippen LogP contribution >= 0.6 is 45.2 Å². The van der Waals surface area contributed by atoms with Gasteiger partial charge >= 0.3 is 6.36 Å². The van der Waals surface area contributed by atoms with E-state index in [9.17, 15) is 18.3 Å². The number of ether oxygens (including phenoxy) is 1. The summed E-state index contributed by atoms with van der Waals surface area (Å²) in [5, 5.41) is 9.30. The SMILES string of the molecule is Oc1c(I)ccc(I)c1OC(F)(F)F. The molecule has 0 saturated carbocycles. The lowest BCUT2D eigenvalue weighted by atomic mass is 10.3. The van der Waals surface area contributed by atoms with Crippen LogP contribution in [0.2, 0.25) is 0 Å². The molecule has 0 saturated heterocycles. The van der Waals surface area contributed by atoms with Crippen molar-refractivity contribution in [1.82, 2.24) is 0 Å². The molecule has 0 spiro atoms. The number of benzene rings is 1. The topological polar surface area (TPSA) is 29.5 Å². The highest BCUT2D eigenvalue weighted by Gasteiger charge is 2.33. The minimum atomic E-state index is -4.79. The fourth-order valence-electron chi connectivity index (χ4n) is 0.735. The quantitative estimate of drug-likeness (QED) is 0.692. The Balaban J connectivity index is 3.13. The lowest BCUT2D eigenvalue weighted by molar-refractivity contribution is -0.275. The first kappa shape index (κ1) is 12.1. The molecule has 0 aliphatic heterocycles. The third kappa shape index (κ3) is 3.04. The largest absolute Gasteiger partial charge is 0.573 e. The molecular formula is C7H3F3I2O2. The summed E-state index contributed by atoms with van der Waals surface area (Å²) in [5.74, 6) is -1.04. The van der Waals surface area contributed by atoms with Crippen molar-refractivity contribution in [3.8, 4) is 11.5 Å². The highest BCUT2D eigenvalue weighted by atomic mass is 127. The summed E-state index contributed by atoms with van der Waals surface area (Å²) >= 11 is 3.37. The average Bonchev–Trinajstić information content (AvgIpc) is 2.04. The van der Waals surface area contributed by atoms with Crippen molar-refractivity contribution in [3.63, 3.8) is 0 Å². The molecule has 0 aromatic heterocycles. The van der Waals surface area contributed by atoms with E-state index < -0.39 is 17.9 Å².